The monoisotopic (exact) mass is 253 g/mol. The second-order valence-corrected chi connectivity index (χ2v) is 3.30. The Morgan fingerprint density at radius 2 is 2.10 bits per heavy atom. The fourth-order valence-electron chi connectivity index (χ4n) is 0.730. The first-order valence-electron chi connectivity index (χ1n) is 3.79. The van der Waals surface area contributed by atoms with E-state index in [9.17, 15) is 0 Å². The standard InChI is InChI=1S/C8H16IN/c1-2-3-4-5-7-10-8-6-9/h2,10H,1,3-8H2. The van der Waals surface area contributed by atoms with E-state index < -0.39 is 0 Å². The summed E-state index contributed by atoms with van der Waals surface area (Å²) >= 11 is 2.38. The fraction of sp³-hybridized carbons (Fsp3) is 0.750. The molecule has 0 aliphatic rings. The van der Waals surface area contributed by atoms with Gasteiger partial charge in [0, 0.05) is 11.0 Å². The zero-order chi connectivity index (χ0) is 7.66. The molecule has 0 aromatic heterocycles. The Bertz CT molecular complexity index is 73.7. The summed E-state index contributed by atoms with van der Waals surface area (Å²) in [6.07, 6.45) is 5.70. The summed E-state index contributed by atoms with van der Waals surface area (Å²) in [5.74, 6) is 0. The average molecular weight is 253 g/mol. The van der Waals surface area contributed by atoms with E-state index >= 15 is 0 Å². The van der Waals surface area contributed by atoms with Gasteiger partial charge in [-0.25, -0.2) is 0 Å². The number of rotatable bonds is 7. The molecule has 0 aliphatic heterocycles. The maximum atomic E-state index is 3.67. The lowest BCUT2D eigenvalue weighted by atomic mass is 10.2. The van der Waals surface area contributed by atoms with Crippen LogP contribution in [0.1, 0.15) is 19.3 Å². The number of nitrogens with one attached hydrogen (secondary N) is 1. The van der Waals surface area contributed by atoms with Crippen molar-refractivity contribution >= 4 is 22.6 Å². The van der Waals surface area contributed by atoms with E-state index in [1.165, 1.54) is 17.3 Å². The molecule has 0 heterocycles. The van der Waals surface area contributed by atoms with Crippen LogP contribution in [0.25, 0.3) is 0 Å². The molecule has 0 atom stereocenters. The molecule has 1 nitrogen and oxygen atoms in total. The van der Waals surface area contributed by atoms with Crippen molar-refractivity contribution in [3.63, 3.8) is 0 Å². The first kappa shape index (κ1) is 10.4. The highest BCUT2D eigenvalue weighted by Gasteiger charge is 1.85. The molecule has 0 aromatic carbocycles. The summed E-state index contributed by atoms with van der Waals surface area (Å²) in [4.78, 5) is 0. The van der Waals surface area contributed by atoms with Crippen LogP contribution in [-0.2, 0) is 0 Å². The summed E-state index contributed by atoms with van der Waals surface area (Å²) in [5, 5.41) is 3.35. The Kier molecular flexibility index (Phi) is 9.84. The summed E-state index contributed by atoms with van der Waals surface area (Å²) < 4.78 is 1.21. The summed E-state index contributed by atoms with van der Waals surface area (Å²) in [6.45, 7) is 5.98. The molecular formula is C8H16IN. The Morgan fingerprint density at radius 1 is 1.30 bits per heavy atom. The molecule has 0 unspecified atom stereocenters. The largest absolute Gasteiger partial charge is 0.316 e. The topological polar surface area (TPSA) is 12.0 Å². The molecule has 0 aliphatic carbocycles. The van der Waals surface area contributed by atoms with Crippen molar-refractivity contribution in [3.8, 4) is 0 Å². The van der Waals surface area contributed by atoms with Crippen molar-refractivity contribution in [1.82, 2.24) is 5.32 Å². The van der Waals surface area contributed by atoms with Crippen molar-refractivity contribution < 1.29 is 0 Å². The lowest BCUT2D eigenvalue weighted by Crippen LogP contribution is -2.17. The minimum Gasteiger partial charge on any atom is -0.316 e. The van der Waals surface area contributed by atoms with Gasteiger partial charge >= 0.3 is 0 Å². The van der Waals surface area contributed by atoms with Crippen molar-refractivity contribution in [1.29, 1.82) is 0 Å². The normalized spacial score (nSPS) is 9.70. The molecule has 10 heavy (non-hydrogen) atoms. The first-order valence-corrected chi connectivity index (χ1v) is 5.32. The Labute approximate surface area is 77.4 Å². The number of hydrogen-bond donors (Lipinski definition) is 1. The number of unbranched alkanes of at least 4 members (excludes halogenated alkanes) is 2. The number of allylic oxidation sites excluding steroid dienone is 1. The highest BCUT2D eigenvalue weighted by molar-refractivity contribution is 14.1. The average Bonchev–Trinajstić information content (AvgIpc) is 1.97. The van der Waals surface area contributed by atoms with Gasteiger partial charge in [-0.15, -0.1) is 6.58 Å². The molecule has 0 amide bonds. The predicted molar refractivity (Wildman–Crippen MR) is 55.8 cm³/mol. The third-order valence-corrected chi connectivity index (χ3v) is 1.82. The van der Waals surface area contributed by atoms with Crippen LogP contribution in [0, 0.1) is 0 Å². The van der Waals surface area contributed by atoms with Gasteiger partial charge in [0.1, 0.15) is 0 Å². The molecular weight excluding hydrogens is 237 g/mol. The summed E-state index contributed by atoms with van der Waals surface area (Å²) in [7, 11) is 0. The molecule has 1 N–H and O–H groups in total. The fourth-order valence-corrected chi connectivity index (χ4v) is 1.11. The Morgan fingerprint density at radius 3 is 2.70 bits per heavy atom. The van der Waals surface area contributed by atoms with Gasteiger partial charge in [0.05, 0.1) is 0 Å². The second-order valence-electron chi connectivity index (χ2n) is 2.22. The van der Waals surface area contributed by atoms with E-state index in [0.717, 1.165) is 19.5 Å². The van der Waals surface area contributed by atoms with Crippen molar-refractivity contribution in [2.45, 2.75) is 19.3 Å². The molecule has 0 rings (SSSR count). The number of hydrogen-bond acceptors (Lipinski definition) is 1. The third-order valence-electron chi connectivity index (χ3n) is 1.28. The van der Waals surface area contributed by atoms with E-state index in [4.69, 9.17) is 0 Å². The quantitative estimate of drug-likeness (QED) is 0.318. The van der Waals surface area contributed by atoms with E-state index in [2.05, 4.69) is 34.5 Å². The molecule has 0 saturated carbocycles. The van der Waals surface area contributed by atoms with Crippen molar-refractivity contribution in [2.24, 2.45) is 0 Å². The summed E-state index contributed by atoms with van der Waals surface area (Å²) in [5.41, 5.74) is 0. The smallest absolute Gasteiger partial charge is 0.0121 e. The molecule has 0 aromatic rings. The maximum Gasteiger partial charge on any atom is 0.0121 e. The number of alkyl halides is 1. The van der Waals surface area contributed by atoms with Crippen LogP contribution < -0.4 is 5.32 Å². The zero-order valence-electron chi connectivity index (χ0n) is 6.41. The van der Waals surface area contributed by atoms with Gasteiger partial charge in [-0.3, -0.25) is 0 Å². The van der Waals surface area contributed by atoms with Gasteiger partial charge in [0.15, 0.2) is 0 Å². The summed E-state index contributed by atoms with van der Waals surface area (Å²) in [6, 6.07) is 0. The van der Waals surface area contributed by atoms with Crippen LogP contribution in [0.2, 0.25) is 0 Å². The van der Waals surface area contributed by atoms with Gasteiger partial charge in [-0.2, -0.15) is 0 Å². The highest BCUT2D eigenvalue weighted by Crippen LogP contribution is 1.93. The zero-order valence-corrected chi connectivity index (χ0v) is 8.56. The van der Waals surface area contributed by atoms with E-state index in [0.29, 0.717) is 0 Å². The van der Waals surface area contributed by atoms with E-state index in [1.807, 2.05) is 6.08 Å². The van der Waals surface area contributed by atoms with Crippen LogP contribution in [0.4, 0.5) is 0 Å². The Hall–Kier alpha value is 0.430. The van der Waals surface area contributed by atoms with Gasteiger partial charge in [-0.1, -0.05) is 28.7 Å². The van der Waals surface area contributed by atoms with Crippen molar-refractivity contribution in [3.05, 3.63) is 12.7 Å². The SMILES string of the molecule is C=CCCCCNCCI. The van der Waals surface area contributed by atoms with Crippen molar-refractivity contribution in [2.75, 3.05) is 17.5 Å². The van der Waals surface area contributed by atoms with Gasteiger partial charge in [-0.05, 0) is 25.8 Å². The lowest BCUT2D eigenvalue weighted by molar-refractivity contribution is 0.650. The van der Waals surface area contributed by atoms with Gasteiger partial charge < -0.3 is 5.32 Å². The molecule has 0 saturated heterocycles. The van der Waals surface area contributed by atoms with Gasteiger partial charge in [0.2, 0.25) is 0 Å². The highest BCUT2D eigenvalue weighted by atomic mass is 127. The number of halogens is 1. The van der Waals surface area contributed by atoms with Crippen LogP contribution in [-0.4, -0.2) is 17.5 Å². The van der Waals surface area contributed by atoms with Crippen LogP contribution in [0.5, 0.6) is 0 Å². The molecule has 2 heteroatoms. The van der Waals surface area contributed by atoms with E-state index in [-0.39, 0.29) is 0 Å². The molecule has 60 valence electrons. The maximum absolute atomic E-state index is 3.67. The van der Waals surface area contributed by atoms with Crippen LogP contribution in [0.15, 0.2) is 12.7 Å². The Balaban J connectivity index is 2.70. The van der Waals surface area contributed by atoms with Crippen LogP contribution in [0.3, 0.4) is 0 Å². The second kappa shape index (κ2) is 9.43. The van der Waals surface area contributed by atoms with Gasteiger partial charge in [0.25, 0.3) is 0 Å². The lowest BCUT2D eigenvalue weighted by Gasteiger charge is -1.99. The van der Waals surface area contributed by atoms with Crippen LogP contribution >= 0.6 is 22.6 Å². The third kappa shape index (κ3) is 8.43. The molecule has 0 fully saturated rings. The molecule has 0 spiro atoms. The molecule has 0 bridgehead atoms. The first-order chi connectivity index (χ1) is 4.91. The predicted octanol–water partition coefficient (Wildman–Crippen LogP) is 2.37. The molecule has 0 radical (unpaired) electrons. The van der Waals surface area contributed by atoms with E-state index in [1.54, 1.807) is 0 Å². The minimum absolute atomic E-state index is 1.15. The minimum atomic E-state index is 1.15.